The topological polar surface area (TPSA) is 56.9 Å². The number of aromatic hydroxyl groups is 1. The first kappa shape index (κ1) is 21.9. The zero-order chi connectivity index (χ0) is 22.6. The summed E-state index contributed by atoms with van der Waals surface area (Å²) < 4.78 is 5.35. The van der Waals surface area contributed by atoms with E-state index >= 15 is 0 Å². The van der Waals surface area contributed by atoms with Crippen LogP contribution in [0.25, 0.3) is 0 Å². The molecule has 5 nitrogen and oxygen atoms in total. The van der Waals surface area contributed by atoms with Crippen molar-refractivity contribution in [2.45, 2.75) is 45.3 Å². The molecule has 0 bridgehead atoms. The van der Waals surface area contributed by atoms with Crippen molar-refractivity contribution in [2.24, 2.45) is 5.92 Å². The predicted octanol–water partition coefficient (Wildman–Crippen LogP) is 4.36. The summed E-state index contributed by atoms with van der Waals surface area (Å²) in [6.07, 6.45) is 5.75. The normalized spacial score (nSPS) is 17.7. The molecule has 2 aliphatic heterocycles. The lowest BCUT2D eigenvalue weighted by atomic mass is 9.90. The second kappa shape index (κ2) is 9.94. The summed E-state index contributed by atoms with van der Waals surface area (Å²) in [5.74, 6) is 0.776. The van der Waals surface area contributed by atoms with Crippen LogP contribution in [-0.4, -0.2) is 34.5 Å². The van der Waals surface area contributed by atoms with Crippen LogP contribution in [0.4, 0.5) is 0 Å². The van der Waals surface area contributed by atoms with E-state index < -0.39 is 5.63 Å². The molecule has 5 heteroatoms. The average Bonchev–Trinajstić information content (AvgIpc) is 2.85. The Morgan fingerprint density at radius 1 is 0.879 bits per heavy atom. The molecule has 0 saturated carbocycles. The quantitative estimate of drug-likeness (QED) is 0.612. The summed E-state index contributed by atoms with van der Waals surface area (Å²) in [5.41, 5.74) is 4.79. The Kier molecular flexibility index (Phi) is 6.60. The molecule has 1 fully saturated rings. The average molecular weight is 445 g/mol. The minimum atomic E-state index is -0.424. The Bertz CT molecular complexity index is 1130. The van der Waals surface area contributed by atoms with Gasteiger partial charge in [-0.1, -0.05) is 54.6 Å². The van der Waals surface area contributed by atoms with Crippen LogP contribution >= 0.6 is 0 Å². The zero-order valence-corrected chi connectivity index (χ0v) is 19.1. The largest absolute Gasteiger partial charge is 0.507 e. The van der Waals surface area contributed by atoms with Crippen molar-refractivity contribution < 1.29 is 9.52 Å². The molecule has 3 aromatic rings. The maximum atomic E-state index is 12.5. The fourth-order valence-corrected chi connectivity index (χ4v) is 5.24. The third kappa shape index (κ3) is 5.21. The molecule has 0 spiro atoms. The number of likely N-dealkylation sites (tertiary alicyclic amines) is 1. The van der Waals surface area contributed by atoms with Gasteiger partial charge in [-0.3, -0.25) is 9.80 Å². The molecule has 1 saturated heterocycles. The van der Waals surface area contributed by atoms with Gasteiger partial charge in [-0.05, 0) is 61.4 Å². The fraction of sp³-hybridized carbons (Fsp3) is 0.393. The van der Waals surface area contributed by atoms with Gasteiger partial charge in [-0.2, -0.15) is 0 Å². The van der Waals surface area contributed by atoms with Crippen LogP contribution < -0.4 is 5.63 Å². The highest BCUT2D eigenvalue weighted by Gasteiger charge is 2.24. The molecule has 3 heterocycles. The van der Waals surface area contributed by atoms with E-state index in [1.807, 2.05) is 0 Å². The molecule has 0 radical (unpaired) electrons. The first-order valence-corrected chi connectivity index (χ1v) is 12.0. The van der Waals surface area contributed by atoms with Gasteiger partial charge in [0, 0.05) is 31.7 Å². The van der Waals surface area contributed by atoms with Crippen LogP contribution in [0.1, 0.15) is 40.7 Å². The molecule has 172 valence electrons. The monoisotopic (exact) mass is 444 g/mol. The highest BCUT2D eigenvalue weighted by atomic mass is 16.4. The minimum absolute atomic E-state index is 0.108. The summed E-state index contributed by atoms with van der Waals surface area (Å²) >= 11 is 0. The molecule has 5 rings (SSSR count). The van der Waals surface area contributed by atoms with Crippen molar-refractivity contribution in [3.8, 4) is 5.75 Å². The highest BCUT2D eigenvalue weighted by Crippen LogP contribution is 2.28. The van der Waals surface area contributed by atoms with E-state index in [1.54, 1.807) is 0 Å². The van der Waals surface area contributed by atoms with Gasteiger partial charge in [0.05, 0.1) is 5.56 Å². The van der Waals surface area contributed by atoms with E-state index in [0.29, 0.717) is 30.1 Å². The Morgan fingerprint density at radius 2 is 1.61 bits per heavy atom. The van der Waals surface area contributed by atoms with Crippen LogP contribution in [0.2, 0.25) is 0 Å². The molecule has 1 aromatic heterocycles. The molecule has 0 amide bonds. The van der Waals surface area contributed by atoms with Crippen LogP contribution in [0, 0.1) is 5.92 Å². The maximum Gasteiger partial charge on any atom is 0.343 e. The van der Waals surface area contributed by atoms with Gasteiger partial charge >= 0.3 is 5.63 Å². The Hall–Kier alpha value is -2.89. The van der Waals surface area contributed by atoms with Gasteiger partial charge in [-0.25, -0.2) is 4.79 Å². The van der Waals surface area contributed by atoms with E-state index in [-0.39, 0.29) is 5.75 Å². The SMILES string of the molecule is O=c1occ(CN2CCc3ccccc3C2)c(O)c1CN1CCC(Cc2ccccc2)CC1. The van der Waals surface area contributed by atoms with Gasteiger partial charge in [0.15, 0.2) is 0 Å². The van der Waals surface area contributed by atoms with Gasteiger partial charge in [0.2, 0.25) is 0 Å². The summed E-state index contributed by atoms with van der Waals surface area (Å²) in [7, 11) is 0. The van der Waals surface area contributed by atoms with Crippen LogP contribution in [0.5, 0.6) is 5.75 Å². The number of piperidine rings is 1. The number of hydrogen-bond donors (Lipinski definition) is 1. The standard InChI is InChI=1S/C28H32N2O3/c31-27-25(18-30-15-12-23-8-4-5-9-24(23)17-30)20-33-28(32)26(27)19-29-13-10-22(11-14-29)16-21-6-2-1-3-7-21/h1-9,20,22,31H,10-19H2. The fourth-order valence-electron chi connectivity index (χ4n) is 5.24. The number of fused-ring (bicyclic) bond motifs is 1. The smallest absolute Gasteiger partial charge is 0.343 e. The van der Waals surface area contributed by atoms with Crippen molar-refractivity contribution in [1.29, 1.82) is 0 Å². The third-order valence-corrected chi connectivity index (χ3v) is 7.20. The van der Waals surface area contributed by atoms with Crippen LogP contribution in [-0.2, 0) is 32.5 Å². The van der Waals surface area contributed by atoms with Crippen molar-refractivity contribution in [1.82, 2.24) is 9.80 Å². The third-order valence-electron chi connectivity index (χ3n) is 7.20. The van der Waals surface area contributed by atoms with E-state index in [4.69, 9.17) is 4.42 Å². The highest BCUT2D eigenvalue weighted by molar-refractivity contribution is 5.37. The predicted molar refractivity (Wildman–Crippen MR) is 129 cm³/mol. The second-order valence-electron chi connectivity index (χ2n) is 9.51. The van der Waals surface area contributed by atoms with E-state index in [9.17, 15) is 9.90 Å². The number of hydrogen-bond acceptors (Lipinski definition) is 5. The lowest BCUT2D eigenvalue weighted by molar-refractivity contribution is 0.173. The molecule has 2 aromatic carbocycles. The number of nitrogens with zero attached hydrogens (tertiary/aromatic N) is 2. The van der Waals surface area contributed by atoms with Crippen molar-refractivity contribution in [3.63, 3.8) is 0 Å². The molecule has 1 N–H and O–H groups in total. The van der Waals surface area contributed by atoms with Gasteiger partial charge < -0.3 is 9.52 Å². The second-order valence-corrected chi connectivity index (χ2v) is 9.51. The first-order chi connectivity index (χ1) is 16.2. The molecule has 2 aliphatic rings. The van der Waals surface area contributed by atoms with E-state index in [2.05, 4.69) is 64.4 Å². The van der Waals surface area contributed by atoms with Gasteiger partial charge in [0.1, 0.15) is 12.0 Å². The molecule has 33 heavy (non-hydrogen) atoms. The lowest BCUT2D eigenvalue weighted by Gasteiger charge is -2.32. The van der Waals surface area contributed by atoms with E-state index in [1.165, 1.54) is 23.0 Å². The van der Waals surface area contributed by atoms with Crippen molar-refractivity contribution >= 4 is 0 Å². The zero-order valence-electron chi connectivity index (χ0n) is 19.1. The van der Waals surface area contributed by atoms with E-state index in [0.717, 1.165) is 51.9 Å². The van der Waals surface area contributed by atoms with Crippen molar-refractivity contribution in [2.75, 3.05) is 19.6 Å². The Balaban J connectivity index is 1.21. The summed E-state index contributed by atoms with van der Waals surface area (Å²) in [6.45, 7) is 4.67. The summed E-state index contributed by atoms with van der Waals surface area (Å²) in [5, 5.41) is 11.0. The van der Waals surface area contributed by atoms with Crippen LogP contribution in [0.15, 0.2) is 70.1 Å². The number of benzene rings is 2. The summed E-state index contributed by atoms with van der Waals surface area (Å²) in [4.78, 5) is 17.0. The Morgan fingerprint density at radius 3 is 2.39 bits per heavy atom. The number of rotatable bonds is 6. The van der Waals surface area contributed by atoms with Gasteiger partial charge in [0.25, 0.3) is 0 Å². The maximum absolute atomic E-state index is 12.5. The van der Waals surface area contributed by atoms with Gasteiger partial charge in [-0.15, -0.1) is 0 Å². The molecular formula is C28H32N2O3. The molecular weight excluding hydrogens is 412 g/mol. The Labute approximate surface area is 195 Å². The molecule has 0 unspecified atom stereocenters. The summed E-state index contributed by atoms with van der Waals surface area (Å²) in [6, 6.07) is 19.2. The molecule has 0 aliphatic carbocycles. The van der Waals surface area contributed by atoms with Crippen LogP contribution in [0.3, 0.4) is 0 Å². The first-order valence-electron chi connectivity index (χ1n) is 12.0. The lowest BCUT2D eigenvalue weighted by Crippen LogP contribution is -2.35. The minimum Gasteiger partial charge on any atom is -0.507 e. The molecule has 0 atom stereocenters. The van der Waals surface area contributed by atoms with Crippen molar-refractivity contribution in [3.05, 3.63) is 99.1 Å².